The number of fused-ring (bicyclic) bond motifs is 1. The molecule has 1 saturated carbocycles. The summed E-state index contributed by atoms with van der Waals surface area (Å²) in [6, 6.07) is 15.8. The van der Waals surface area contributed by atoms with Gasteiger partial charge in [0.15, 0.2) is 0 Å². The Morgan fingerprint density at radius 3 is 2.71 bits per heavy atom. The zero-order valence-corrected chi connectivity index (χ0v) is 22.4. The van der Waals surface area contributed by atoms with Gasteiger partial charge >= 0.3 is 6.18 Å². The number of rotatable bonds is 8. The Morgan fingerprint density at radius 2 is 1.95 bits per heavy atom. The van der Waals surface area contributed by atoms with Gasteiger partial charge in [0.25, 0.3) is 0 Å². The Hall–Kier alpha value is -3.93. The molecule has 4 aromatic rings. The monoisotopic (exact) mass is 570 g/mol. The van der Waals surface area contributed by atoms with Crippen LogP contribution in [0.25, 0.3) is 22.4 Å². The number of piperidine rings is 1. The van der Waals surface area contributed by atoms with Crippen LogP contribution in [0.2, 0.25) is 0 Å². The molecule has 2 aromatic heterocycles. The summed E-state index contributed by atoms with van der Waals surface area (Å²) >= 11 is 0. The van der Waals surface area contributed by atoms with Crippen molar-refractivity contribution in [1.29, 1.82) is 0 Å². The van der Waals surface area contributed by atoms with Crippen LogP contribution in [0.3, 0.4) is 0 Å². The second-order valence-corrected chi connectivity index (χ2v) is 10.9. The molecule has 2 aromatic carbocycles. The van der Waals surface area contributed by atoms with E-state index in [0.717, 1.165) is 16.6 Å². The minimum absolute atomic E-state index is 0.0307. The van der Waals surface area contributed by atoms with E-state index in [2.05, 4.69) is 20.8 Å². The molecule has 41 heavy (non-hydrogen) atoms. The molecule has 1 aliphatic carbocycles. The molecule has 0 bridgehead atoms. The Kier molecular flexibility index (Phi) is 7.18. The number of nitrogens with one attached hydrogen (secondary N) is 2. The van der Waals surface area contributed by atoms with Crippen LogP contribution in [0.1, 0.15) is 30.2 Å². The third-order valence-corrected chi connectivity index (χ3v) is 7.83. The number of anilines is 1. The largest absolute Gasteiger partial charge is 0.406 e. The maximum Gasteiger partial charge on any atom is 0.406 e. The van der Waals surface area contributed by atoms with Crippen LogP contribution in [0.5, 0.6) is 0 Å². The second-order valence-electron chi connectivity index (χ2n) is 10.9. The summed E-state index contributed by atoms with van der Waals surface area (Å²) in [5.74, 6) is -0.0671. The predicted molar refractivity (Wildman–Crippen MR) is 145 cm³/mol. The molecule has 8 nitrogen and oxygen atoms in total. The van der Waals surface area contributed by atoms with Crippen LogP contribution in [0, 0.1) is 5.92 Å². The molecule has 6 rings (SSSR count). The van der Waals surface area contributed by atoms with Crippen molar-refractivity contribution in [3.05, 3.63) is 66.1 Å². The average molecular weight is 571 g/mol. The van der Waals surface area contributed by atoms with Gasteiger partial charge in [-0.2, -0.15) is 18.2 Å². The Bertz CT molecular complexity index is 1540. The normalized spacial score (nSPS) is 23.0. The third kappa shape index (κ3) is 5.92. The zero-order chi connectivity index (χ0) is 28.7. The highest BCUT2D eigenvalue weighted by atomic mass is 19.4. The molecule has 4 atom stereocenters. The molecular formula is C29H30F4N6O2. The van der Waals surface area contributed by atoms with Crippen molar-refractivity contribution in [2.24, 2.45) is 5.92 Å². The van der Waals surface area contributed by atoms with E-state index in [0.29, 0.717) is 29.6 Å². The van der Waals surface area contributed by atoms with E-state index < -0.39 is 24.9 Å². The molecule has 0 radical (unpaired) electrons. The van der Waals surface area contributed by atoms with Crippen molar-refractivity contribution in [2.75, 3.05) is 25.5 Å². The number of halogens is 4. The lowest BCUT2D eigenvalue weighted by Gasteiger charge is -2.33. The van der Waals surface area contributed by atoms with E-state index >= 15 is 0 Å². The smallest absolute Gasteiger partial charge is 0.379 e. The van der Waals surface area contributed by atoms with Crippen LogP contribution in [-0.2, 0) is 17.9 Å². The fourth-order valence-corrected chi connectivity index (χ4v) is 5.64. The fourth-order valence-electron chi connectivity index (χ4n) is 5.64. The summed E-state index contributed by atoms with van der Waals surface area (Å²) in [5.41, 5.74) is 2.07. The van der Waals surface area contributed by atoms with E-state index in [-0.39, 0.29) is 48.2 Å². The lowest BCUT2D eigenvalue weighted by Crippen LogP contribution is -2.46. The molecule has 0 unspecified atom stereocenters. The maximum absolute atomic E-state index is 14.7. The number of amides is 1. The van der Waals surface area contributed by atoms with Gasteiger partial charge in [-0.3, -0.25) is 4.79 Å². The van der Waals surface area contributed by atoms with E-state index in [9.17, 15) is 22.4 Å². The molecule has 216 valence electrons. The molecule has 2 N–H and O–H groups in total. The third-order valence-electron chi connectivity index (χ3n) is 7.83. The number of nitrogens with zero attached hydrogens (tertiary/aromatic N) is 4. The molecule has 2 fully saturated rings. The van der Waals surface area contributed by atoms with Gasteiger partial charge in [-0.1, -0.05) is 41.6 Å². The molecule has 3 heterocycles. The number of aromatic nitrogens is 3. The molecular weight excluding hydrogens is 540 g/mol. The highest BCUT2D eigenvalue weighted by Gasteiger charge is 2.43. The Labute approximate surface area is 233 Å². The summed E-state index contributed by atoms with van der Waals surface area (Å²) in [4.78, 5) is 18.8. The number of alkyl halides is 4. The second kappa shape index (κ2) is 10.8. The van der Waals surface area contributed by atoms with E-state index in [1.165, 1.54) is 0 Å². The number of benzene rings is 2. The lowest BCUT2D eigenvalue weighted by molar-refractivity contribution is -0.139. The summed E-state index contributed by atoms with van der Waals surface area (Å²) in [6.07, 6.45) is -4.31. The SMILES string of the molecule is CN1CC[C@@H](Nc2cccc3c2cc(-c2noc(CNC(=O)[C@@H]4C[C@H]4c4ccccc4)n2)n3CC(F)(F)F)[C@@H](F)C1. The number of hydrogen-bond acceptors (Lipinski definition) is 6. The van der Waals surface area contributed by atoms with Crippen molar-refractivity contribution >= 4 is 22.5 Å². The van der Waals surface area contributed by atoms with Gasteiger partial charge in [-0.15, -0.1) is 0 Å². The van der Waals surface area contributed by atoms with Crippen molar-refractivity contribution in [3.63, 3.8) is 0 Å². The minimum atomic E-state index is -4.51. The van der Waals surface area contributed by atoms with Crippen LogP contribution in [-0.4, -0.2) is 64.0 Å². The van der Waals surface area contributed by atoms with Crippen molar-refractivity contribution in [2.45, 2.75) is 50.2 Å². The number of hydrogen-bond donors (Lipinski definition) is 2. The molecule has 0 spiro atoms. The first-order valence-corrected chi connectivity index (χ1v) is 13.6. The van der Waals surface area contributed by atoms with Gasteiger partial charge in [0.2, 0.25) is 17.6 Å². The Balaban J connectivity index is 1.22. The highest BCUT2D eigenvalue weighted by molar-refractivity contribution is 5.96. The van der Waals surface area contributed by atoms with E-state index in [1.807, 2.05) is 42.3 Å². The van der Waals surface area contributed by atoms with E-state index in [4.69, 9.17) is 4.52 Å². The van der Waals surface area contributed by atoms with Gasteiger partial charge in [0.1, 0.15) is 12.7 Å². The topological polar surface area (TPSA) is 88.2 Å². The number of likely N-dealkylation sites (tertiary alicyclic amines) is 1. The Morgan fingerprint density at radius 1 is 1.15 bits per heavy atom. The predicted octanol–water partition coefficient (Wildman–Crippen LogP) is 5.13. The maximum atomic E-state index is 14.7. The van der Waals surface area contributed by atoms with Gasteiger partial charge in [0.05, 0.1) is 23.8 Å². The zero-order valence-electron chi connectivity index (χ0n) is 22.4. The van der Waals surface area contributed by atoms with Gasteiger partial charge in [-0.25, -0.2) is 4.39 Å². The van der Waals surface area contributed by atoms with Crippen molar-refractivity contribution in [3.8, 4) is 11.5 Å². The van der Waals surface area contributed by atoms with Crippen LogP contribution in [0.4, 0.5) is 23.2 Å². The number of carbonyl (C=O) groups is 1. The van der Waals surface area contributed by atoms with Gasteiger partial charge in [0, 0.05) is 30.1 Å². The molecule has 1 aliphatic heterocycles. The highest BCUT2D eigenvalue weighted by Crippen LogP contribution is 2.47. The van der Waals surface area contributed by atoms with Crippen LogP contribution < -0.4 is 10.6 Å². The van der Waals surface area contributed by atoms with Crippen molar-refractivity contribution in [1.82, 2.24) is 24.9 Å². The molecule has 12 heteroatoms. The summed E-state index contributed by atoms with van der Waals surface area (Å²) in [5, 5.41) is 10.4. The molecule has 1 amide bonds. The molecule has 1 saturated heterocycles. The summed E-state index contributed by atoms with van der Waals surface area (Å²) < 4.78 is 62.1. The summed E-state index contributed by atoms with van der Waals surface area (Å²) in [6.45, 7) is -0.309. The minimum Gasteiger partial charge on any atom is -0.379 e. The lowest BCUT2D eigenvalue weighted by atomic mass is 10.0. The average Bonchev–Trinajstić information content (AvgIpc) is 3.47. The first-order chi connectivity index (χ1) is 19.7. The van der Waals surface area contributed by atoms with E-state index in [1.54, 1.807) is 24.3 Å². The standard InChI is InChI=1S/C29H30F4N6O2/c1-38-11-10-23(21(30)15-38)35-22-8-5-9-24-20(22)13-25(39(24)16-29(31,32)33)27-36-26(41-37-27)14-34-28(40)19-12-18(19)17-6-3-2-4-7-17/h2-9,13,18-19,21,23,35H,10-12,14-16H2,1H3,(H,34,40)/t18-,19+,21-,23+/m0/s1. The first kappa shape index (κ1) is 27.3. The quantitative estimate of drug-likeness (QED) is 0.286. The van der Waals surface area contributed by atoms with Gasteiger partial charge in [-0.05, 0) is 49.6 Å². The molecule has 2 aliphatic rings. The van der Waals surface area contributed by atoms with Crippen molar-refractivity contribution < 1.29 is 26.9 Å². The van der Waals surface area contributed by atoms with Crippen LogP contribution in [0.15, 0.2) is 59.1 Å². The number of carbonyl (C=O) groups excluding carboxylic acids is 1. The van der Waals surface area contributed by atoms with Gasteiger partial charge < -0.3 is 24.6 Å². The fraction of sp³-hybridized carbons (Fsp3) is 0.414. The first-order valence-electron chi connectivity index (χ1n) is 13.6. The summed E-state index contributed by atoms with van der Waals surface area (Å²) in [7, 11) is 1.85. The van der Waals surface area contributed by atoms with Crippen LogP contribution >= 0.6 is 0 Å².